The second kappa shape index (κ2) is 13.8. The van der Waals surface area contributed by atoms with Gasteiger partial charge >= 0.3 is 0 Å². The van der Waals surface area contributed by atoms with Gasteiger partial charge in [0.25, 0.3) is 10.0 Å². The zero-order valence-electron chi connectivity index (χ0n) is 23.0. The van der Waals surface area contributed by atoms with Crippen LogP contribution in [0.25, 0.3) is 0 Å². The molecule has 3 aromatic carbocycles. The number of sulfonamides is 1. The van der Waals surface area contributed by atoms with Crippen molar-refractivity contribution in [1.82, 2.24) is 10.2 Å². The quantitative estimate of drug-likeness (QED) is 0.337. The summed E-state index contributed by atoms with van der Waals surface area (Å²) in [5.41, 5.74) is 2.15. The Morgan fingerprint density at radius 3 is 2.15 bits per heavy atom. The molecular weight excluding hydrogens is 514 g/mol. The molecule has 0 aliphatic carbocycles. The van der Waals surface area contributed by atoms with E-state index in [4.69, 9.17) is 4.74 Å². The van der Waals surface area contributed by atoms with Gasteiger partial charge in [0.05, 0.1) is 17.2 Å². The molecule has 1 atom stereocenters. The highest BCUT2D eigenvalue weighted by molar-refractivity contribution is 7.92. The fourth-order valence-electron chi connectivity index (χ4n) is 4.28. The summed E-state index contributed by atoms with van der Waals surface area (Å²) in [7, 11) is -4.16. The van der Waals surface area contributed by atoms with Crippen molar-refractivity contribution in [3.8, 4) is 5.75 Å². The Kier molecular flexibility index (Phi) is 10.5. The number of carbonyl (C=O) groups is 2. The fourth-order valence-corrected chi connectivity index (χ4v) is 5.72. The molecule has 9 heteroatoms. The molecule has 0 heterocycles. The second-order valence-electron chi connectivity index (χ2n) is 9.05. The molecule has 0 aliphatic rings. The van der Waals surface area contributed by atoms with Crippen LogP contribution in [-0.4, -0.2) is 50.9 Å². The Hall–Kier alpha value is -3.85. The van der Waals surface area contributed by atoms with Crippen LogP contribution >= 0.6 is 0 Å². The van der Waals surface area contributed by atoms with Crippen LogP contribution in [0.4, 0.5) is 5.69 Å². The number of para-hydroxylation sites is 2. The number of nitrogens with one attached hydrogen (secondary N) is 1. The van der Waals surface area contributed by atoms with Crippen molar-refractivity contribution in [3.05, 3.63) is 90.0 Å². The molecule has 39 heavy (non-hydrogen) atoms. The van der Waals surface area contributed by atoms with E-state index in [0.29, 0.717) is 25.3 Å². The summed E-state index contributed by atoms with van der Waals surface area (Å²) >= 11 is 0. The molecule has 0 aliphatic heterocycles. The Morgan fingerprint density at radius 2 is 1.54 bits per heavy atom. The molecule has 3 rings (SSSR count). The number of likely N-dealkylation sites (N-methyl/N-ethyl adjacent to an activating group) is 1. The van der Waals surface area contributed by atoms with Crippen LogP contribution in [-0.2, 0) is 26.2 Å². The highest BCUT2D eigenvalue weighted by Crippen LogP contribution is 2.33. The zero-order chi connectivity index (χ0) is 28.4. The number of nitrogens with zero attached hydrogens (tertiary/aromatic N) is 2. The fraction of sp³-hybridized carbons (Fsp3) is 0.333. The molecule has 0 fully saturated rings. The molecule has 3 aromatic rings. The third-order valence-corrected chi connectivity index (χ3v) is 8.03. The standard InChI is InChI=1S/C30H37N3O5S/c1-5-26(30(35)31-6-2)32(21-24-19-17-23(4)18-20-24)29(34)22-33(27-15-11-12-16-28(27)38-7-3)39(36,37)25-13-9-8-10-14-25/h8-20,26H,5-7,21-22H2,1-4H3,(H,31,35)/t26-/m1/s1. The number of carbonyl (C=O) groups excluding carboxylic acids is 2. The third kappa shape index (κ3) is 7.38. The maximum atomic E-state index is 14.1. The van der Waals surface area contributed by atoms with Crippen molar-refractivity contribution < 1.29 is 22.7 Å². The molecule has 0 unspecified atom stereocenters. The van der Waals surface area contributed by atoms with E-state index in [0.717, 1.165) is 15.4 Å². The lowest BCUT2D eigenvalue weighted by molar-refractivity contribution is -0.140. The minimum Gasteiger partial charge on any atom is -0.492 e. The third-order valence-electron chi connectivity index (χ3n) is 6.25. The summed E-state index contributed by atoms with van der Waals surface area (Å²) in [4.78, 5) is 28.6. The number of anilines is 1. The van der Waals surface area contributed by atoms with Crippen LogP contribution < -0.4 is 14.4 Å². The Bertz CT molecular complexity index is 1340. The number of rotatable bonds is 13. The van der Waals surface area contributed by atoms with Crippen LogP contribution in [0.2, 0.25) is 0 Å². The SMILES string of the molecule is CCNC(=O)[C@@H](CC)N(Cc1ccc(C)cc1)C(=O)CN(c1ccccc1OCC)S(=O)(=O)c1ccccc1. The first kappa shape index (κ1) is 29.7. The van der Waals surface area contributed by atoms with Crippen LogP contribution in [0.3, 0.4) is 0 Å². The molecular formula is C30H37N3O5S. The Morgan fingerprint density at radius 1 is 0.897 bits per heavy atom. The molecule has 0 spiro atoms. The predicted molar refractivity (Wildman–Crippen MR) is 153 cm³/mol. The number of hydrogen-bond donors (Lipinski definition) is 1. The summed E-state index contributed by atoms with van der Waals surface area (Å²) in [6, 6.07) is 21.6. The predicted octanol–water partition coefficient (Wildman–Crippen LogP) is 4.53. The maximum Gasteiger partial charge on any atom is 0.264 e. The lowest BCUT2D eigenvalue weighted by atomic mass is 10.1. The van der Waals surface area contributed by atoms with Crippen LogP contribution in [0, 0.1) is 6.92 Å². The summed E-state index contributed by atoms with van der Waals surface area (Å²) in [5, 5.41) is 2.81. The van der Waals surface area contributed by atoms with Gasteiger partial charge in [0.2, 0.25) is 11.8 Å². The van der Waals surface area contributed by atoms with E-state index in [1.54, 1.807) is 49.4 Å². The van der Waals surface area contributed by atoms with Gasteiger partial charge in [-0.15, -0.1) is 0 Å². The largest absolute Gasteiger partial charge is 0.492 e. The number of ether oxygens (including phenoxy) is 1. The minimum atomic E-state index is -4.16. The average Bonchev–Trinajstić information content (AvgIpc) is 2.94. The van der Waals surface area contributed by atoms with Gasteiger partial charge in [-0.3, -0.25) is 13.9 Å². The van der Waals surface area contributed by atoms with Crippen molar-refractivity contribution >= 4 is 27.5 Å². The average molecular weight is 552 g/mol. The van der Waals surface area contributed by atoms with E-state index in [1.807, 2.05) is 45.0 Å². The van der Waals surface area contributed by atoms with E-state index in [2.05, 4.69) is 5.32 Å². The van der Waals surface area contributed by atoms with Gasteiger partial charge < -0.3 is 15.0 Å². The summed E-state index contributed by atoms with van der Waals surface area (Å²) in [5.74, 6) is -0.444. The summed E-state index contributed by atoms with van der Waals surface area (Å²) in [6.45, 7) is 7.80. The maximum absolute atomic E-state index is 14.1. The van der Waals surface area contributed by atoms with E-state index in [-0.39, 0.29) is 23.0 Å². The van der Waals surface area contributed by atoms with Gasteiger partial charge in [-0.1, -0.05) is 67.1 Å². The topological polar surface area (TPSA) is 96.0 Å². The number of amides is 2. The highest BCUT2D eigenvalue weighted by atomic mass is 32.2. The molecule has 2 amide bonds. The lowest BCUT2D eigenvalue weighted by Gasteiger charge is -2.33. The van der Waals surface area contributed by atoms with Crippen LogP contribution in [0.1, 0.15) is 38.3 Å². The smallest absolute Gasteiger partial charge is 0.264 e. The number of benzene rings is 3. The van der Waals surface area contributed by atoms with Crippen molar-refractivity contribution in [3.63, 3.8) is 0 Å². The minimum absolute atomic E-state index is 0.0463. The van der Waals surface area contributed by atoms with Crippen molar-refractivity contribution in [2.45, 2.75) is 51.6 Å². The summed E-state index contributed by atoms with van der Waals surface area (Å²) < 4.78 is 34.7. The van der Waals surface area contributed by atoms with E-state index < -0.39 is 28.5 Å². The molecule has 0 aromatic heterocycles. The molecule has 0 bridgehead atoms. The van der Waals surface area contributed by atoms with E-state index in [9.17, 15) is 18.0 Å². The first-order chi connectivity index (χ1) is 18.7. The zero-order valence-corrected chi connectivity index (χ0v) is 23.8. The molecule has 0 radical (unpaired) electrons. The van der Waals surface area contributed by atoms with Crippen LogP contribution in [0.5, 0.6) is 5.75 Å². The molecule has 8 nitrogen and oxygen atoms in total. The van der Waals surface area contributed by atoms with Crippen molar-refractivity contribution in [2.24, 2.45) is 0 Å². The van der Waals surface area contributed by atoms with Gasteiger partial charge in [0, 0.05) is 13.1 Å². The monoisotopic (exact) mass is 551 g/mol. The van der Waals surface area contributed by atoms with Gasteiger partial charge in [-0.05, 0) is 57.0 Å². The van der Waals surface area contributed by atoms with Crippen molar-refractivity contribution in [2.75, 3.05) is 24.0 Å². The van der Waals surface area contributed by atoms with E-state index in [1.165, 1.54) is 17.0 Å². The highest BCUT2D eigenvalue weighted by Gasteiger charge is 2.34. The Balaban J connectivity index is 2.09. The number of hydrogen-bond acceptors (Lipinski definition) is 5. The first-order valence-corrected chi connectivity index (χ1v) is 14.6. The van der Waals surface area contributed by atoms with Gasteiger partial charge in [0.1, 0.15) is 18.3 Å². The summed E-state index contributed by atoms with van der Waals surface area (Å²) in [6.07, 6.45) is 0.365. The van der Waals surface area contributed by atoms with Gasteiger partial charge in [0.15, 0.2) is 0 Å². The molecule has 0 saturated heterocycles. The number of aryl methyl sites for hydroxylation is 1. The molecule has 0 saturated carbocycles. The normalized spacial score (nSPS) is 11.9. The molecule has 1 N–H and O–H groups in total. The van der Waals surface area contributed by atoms with Crippen molar-refractivity contribution in [1.29, 1.82) is 0 Å². The Labute approximate surface area is 231 Å². The van der Waals surface area contributed by atoms with Crippen LogP contribution in [0.15, 0.2) is 83.8 Å². The van der Waals surface area contributed by atoms with Gasteiger partial charge in [-0.25, -0.2) is 8.42 Å². The van der Waals surface area contributed by atoms with E-state index >= 15 is 0 Å². The molecule has 208 valence electrons. The van der Waals surface area contributed by atoms with Gasteiger partial charge in [-0.2, -0.15) is 0 Å². The second-order valence-corrected chi connectivity index (χ2v) is 10.9. The lowest BCUT2D eigenvalue weighted by Crippen LogP contribution is -2.52. The first-order valence-electron chi connectivity index (χ1n) is 13.1.